The highest BCUT2D eigenvalue weighted by atomic mass is 16.5. The zero-order valence-corrected chi connectivity index (χ0v) is 12.6. The molecular weight excluding hydrogens is 278 g/mol. The fraction of sp³-hybridized carbons (Fsp3) is 0.294. The minimum absolute atomic E-state index is 0.175. The van der Waals surface area contributed by atoms with Crippen molar-refractivity contribution in [3.05, 3.63) is 30.3 Å². The van der Waals surface area contributed by atoms with E-state index >= 15 is 0 Å². The minimum Gasteiger partial charge on any atom is -0.466 e. The molecule has 0 unspecified atom stereocenters. The first-order valence-corrected chi connectivity index (χ1v) is 7.44. The zero-order chi connectivity index (χ0) is 15.5. The molecule has 1 aliphatic heterocycles. The Hall–Kier alpha value is -2.56. The highest BCUT2D eigenvalue weighted by molar-refractivity contribution is 6.03. The number of carbonyl (C=O) groups is 1. The molecule has 0 saturated heterocycles. The second-order valence-electron chi connectivity index (χ2n) is 5.23. The number of benzene rings is 2. The van der Waals surface area contributed by atoms with E-state index in [0.29, 0.717) is 26.1 Å². The highest BCUT2D eigenvalue weighted by Crippen LogP contribution is 2.38. The summed E-state index contributed by atoms with van der Waals surface area (Å²) in [5.74, 6) is -0.175. The van der Waals surface area contributed by atoms with Crippen LogP contribution in [-0.4, -0.2) is 31.9 Å². The third-order valence-corrected chi connectivity index (χ3v) is 3.74. The Labute approximate surface area is 129 Å². The van der Waals surface area contributed by atoms with Crippen LogP contribution in [0.25, 0.3) is 10.8 Å². The van der Waals surface area contributed by atoms with E-state index in [9.17, 15) is 4.79 Å². The fourth-order valence-corrected chi connectivity index (χ4v) is 2.74. The Morgan fingerprint density at radius 3 is 3.00 bits per heavy atom. The Morgan fingerprint density at radius 2 is 2.18 bits per heavy atom. The number of hydrogen-bond acceptors (Lipinski definition) is 5. The molecule has 2 aromatic rings. The van der Waals surface area contributed by atoms with Crippen LogP contribution in [0.15, 0.2) is 35.3 Å². The Kier molecular flexibility index (Phi) is 3.96. The molecule has 5 heteroatoms. The summed E-state index contributed by atoms with van der Waals surface area (Å²) < 4.78 is 5.01. The topological polar surface area (TPSA) is 67.9 Å². The number of anilines is 2. The van der Waals surface area contributed by atoms with Crippen molar-refractivity contribution in [2.24, 2.45) is 4.99 Å². The molecule has 0 radical (unpaired) electrons. The van der Waals surface area contributed by atoms with Gasteiger partial charge in [-0.15, -0.1) is 0 Å². The molecule has 0 saturated carbocycles. The molecule has 1 aliphatic rings. The van der Waals surface area contributed by atoms with Crippen molar-refractivity contribution in [3.8, 4) is 0 Å². The molecule has 0 spiro atoms. The molecule has 22 heavy (non-hydrogen) atoms. The average Bonchev–Trinajstić information content (AvgIpc) is 2.52. The molecule has 2 aromatic carbocycles. The number of hydrogen-bond donors (Lipinski definition) is 1. The van der Waals surface area contributed by atoms with E-state index in [4.69, 9.17) is 10.5 Å². The van der Waals surface area contributed by atoms with Crippen molar-refractivity contribution >= 4 is 40.0 Å². The molecule has 2 N–H and O–H groups in total. The van der Waals surface area contributed by atoms with Crippen molar-refractivity contribution in [3.63, 3.8) is 0 Å². The van der Waals surface area contributed by atoms with Gasteiger partial charge < -0.3 is 15.4 Å². The lowest BCUT2D eigenvalue weighted by Crippen LogP contribution is -2.30. The van der Waals surface area contributed by atoms with Crippen LogP contribution >= 0.6 is 0 Å². The Bertz CT molecular complexity index is 740. The van der Waals surface area contributed by atoms with Crippen molar-refractivity contribution < 1.29 is 9.53 Å². The van der Waals surface area contributed by atoms with Gasteiger partial charge in [-0.3, -0.25) is 9.79 Å². The quantitative estimate of drug-likeness (QED) is 0.696. The smallest absolute Gasteiger partial charge is 0.307 e. The maximum atomic E-state index is 11.6. The van der Waals surface area contributed by atoms with Crippen molar-refractivity contribution in [1.29, 1.82) is 0 Å². The molecule has 1 heterocycles. The number of esters is 1. The second kappa shape index (κ2) is 6.05. The maximum absolute atomic E-state index is 11.6. The number of fused-ring (bicyclic) bond motifs is 3. The van der Waals surface area contributed by atoms with E-state index in [1.54, 1.807) is 0 Å². The molecule has 0 aliphatic carbocycles. The molecule has 5 nitrogen and oxygen atoms in total. The number of nitrogen functional groups attached to an aromatic ring is 1. The summed E-state index contributed by atoms with van der Waals surface area (Å²) in [5, 5.41) is 2.18. The van der Waals surface area contributed by atoms with Crippen LogP contribution in [0.1, 0.15) is 13.3 Å². The van der Waals surface area contributed by atoms with Gasteiger partial charge in [0, 0.05) is 23.8 Å². The molecule has 114 valence electrons. The summed E-state index contributed by atoms with van der Waals surface area (Å²) in [5.41, 5.74) is 8.60. The van der Waals surface area contributed by atoms with Gasteiger partial charge in [0.1, 0.15) is 0 Å². The minimum atomic E-state index is -0.175. The van der Waals surface area contributed by atoms with Gasteiger partial charge in [0.25, 0.3) is 0 Å². The summed E-state index contributed by atoms with van der Waals surface area (Å²) in [6.07, 6.45) is 2.23. The summed E-state index contributed by atoms with van der Waals surface area (Å²) >= 11 is 0. The van der Waals surface area contributed by atoms with Crippen LogP contribution in [0.5, 0.6) is 0 Å². The molecule has 0 bridgehead atoms. The molecule has 0 fully saturated rings. The molecule has 0 aromatic heterocycles. The number of carbonyl (C=O) groups excluding carboxylic acids is 1. The van der Waals surface area contributed by atoms with Gasteiger partial charge in [-0.1, -0.05) is 12.1 Å². The van der Waals surface area contributed by atoms with E-state index < -0.39 is 0 Å². The molecule has 3 rings (SSSR count). The largest absolute Gasteiger partial charge is 0.466 e. The fourth-order valence-electron chi connectivity index (χ4n) is 2.74. The summed E-state index contributed by atoms with van der Waals surface area (Å²) in [6.45, 7) is 3.51. The van der Waals surface area contributed by atoms with E-state index in [2.05, 4.69) is 9.89 Å². The molecular formula is C17H19N3O2. The van der Waals surface area contributed by atoms with Crippen LogP contribution in [0, 0.1) is 0 Å². The van der Waals surface area contributed by atoms with Crippen LogP contribution < -0.4 is 10.6 Å². The van der Waals surface area contributed by atoms with Gasteiger partial charge in [0.05, 0.1) is 30.9 Å². The number of rotatable bonds is 4. The first-order valence-electron chi connectivity index (χ1n) is 7.44. The van der Waals surface area contributed by atoms with Crippen LogP contribution in [0.4, 0.5) is 17.1 Å². The molecule has 0 atom stereocenters. The standard InChI is InChI=1S/C17H19N3O2/c1-2-22-16(21)7-9-20-10-8-19-15-6-4-12-3-5-13(18)11-14(12)17(15)20/h3-6,8,11H,2,7,9-10,18H2,1H3. The normalized spacial score (nSPS) is 13.2. The van der Waals surface area contributed by atoms with Crippen LogP contribution in [-0.2, 0) is 9.53 Å². The van der Waals surface area contributed by atoms with Gasteiger partial charge in [0.2, 0.25) is 0 Å². The lowest BCUT2D eigenvalue weighted by atomic mass is 10.0. The second-order valence-corrected chi connectivity index (χ2v) is 5.23. The number of ether oxygens (including phenoxy) is 1. The van der Waals surface area contributed by atoms with Crippen molar-refractivity contribution in [2.75, 3.05) is 30.3 Å². The van der Waals surface area contributed by atoms with E-state index in [1.165, 1.54) is 0 Å². The number of aliphatic imine (C=N–C) groups is 1. The summed E-state index contributed by atoms with van der Waals surface area (Å²) in [4.78, 5) is 18.2. The third kappa shape index (κ3) is 2.74. The first-order chi connectivity index (χ1) is 10.7. The van der Waals surface area contributed by atoms with Crippen LogP contribution in [0.2, 0.25) is 0 Å². The number of nitrogens with zero attached hydrogens (tertiary/aromatic N) is 2. The Balaban J connectivity index is 1.95. The monoisotopic (exact) mass is 297 g/mol. The Morgan fingerprint density at radius 1 is 1.36 bits per heavy atom. The van der Waals surface area contributed by atoms with Crippen LogP contribution in [0.3, 0.4) is 0 Å². The maximum Gasteiger partial charge on any atom is 0.307 e. The summed E-state index contributed by atoms with van der Waals surface area (Å²) in [7, 11) is 0. The first kappa shape index (κ1) is 14.4. The van der Waals surface area contributed by atoms with Gasteiger partial charge >= 0.3 is 5.97 Å². The SMILES string of the molecule is CCOC(=O)CCN1CC=Nc2ccc3ccc(N)cc3c21. The van der Waals surface area contributed by atoms with E-state index in [1.807, 2.05) is 43.5 Å². The molecule has 0 amide bonds. The number of nitrogens with two attached hydrogens (primary N) is 1. The lowest BCUT2D eigenvalue weighted by molar-refractivity contribution is -0.142. The lowest BCUT2D eigenvalue weighted by Gasteiger charge is -2.28. The third-order valence-electron chi connectivity index (χ3n) is 3.74. The summed E-state index contributed by atoms with van der Waals surface area (Å²) in [6, 6.07) is 9.91. The zero-order valence-electron chi connectivity index (χ0n) is 12.6. The predicted octanol–water partition coefficient (Wildman–Crippen LogP) is 2.90. The average molecular weight is 297 g/mol. The van der Waals surface area contributed by atoms with Crippen molar-refractivity contribution in [2.45, 2.75) is 13.3 Å². The van der Waals surface area contributed by atoms with Gasteiger partial charge in [0.15, 0.2) is 0 Å². The van der Waals surface area contributed by atoms with Crippen molar-refractivity contribution in [1.82, 2.24) is 0 Å². The van der Waals surface area contributed by atoms with Gasteiger partial charge in [-0.05, 0) is 30.5 Å². The predicted molar refractivity (Wildman–Crippen MR) is 90.0 cm³/mol. The van der Waals surface area contributed by atoms with E-state index in [0.717, 1.165) is 27.8 Å². The van der Waals surface area contributed by atoms with Gasteiger partial charge in [-0.25, -0.2) is 0 Å². The van der Waals surface area contributed by atoms with E-state index in [-0.39, 0.29) is 5.97 Å². The highest BCUT2D eigenvalue weighted by Gasteiger charge is 2.18. The van der Waals surface area contributed by atoms with Gasteiger partial charge in [-0.2, -0.15) is 0 Å².